The molecule has 21 heavy (non-hydrogen) atoms. The standard InChI is InChI=1S/C16H18FNO3/c1-2-3-4-14(16(20)21)18-15(19)13-9-12(13)10-5-7-11(17)8-6-10/h2-3,5-8,12-14H,4,9H2,1H3,(H,18,19)(H,20,21)/b3-2+. The molecular formula is C16H18FNO3. The minimum Gasteiger partial charge on any atom is -0.480 e. The summed E-state index contributed by atoms with van der Waals surface area (Å²) in [5, 5.41) is 11.6. The Kier molecular flexibility index (Phi) is 4.73. The van der Waals surface area contributed by atoms with Crippen LogP contribution in [0.3, 0.4) is 0 Å². The first-order valence-corrected chi connectivity index (χ1v) is 6.92. The Hall–Kier alpha value is -2.17. The van der Waals surface area contributed by atoms with E-state index in [1.165, 1.54) is 12.1 Å². The van der Waals surface area contributed by atoms with Crippen molar-refractivity contribution < 1.29 is 19.1 Å². The molecule has 1 saturated carbocycles. The number of nitrogens with one attached hydrogen (secondary N) is 1. The Morgan fingerprint density at radius 3 is 2.67 bits per heavy atom. The van der Waals surface area contributed by atoms with Gasteiger partial charge in [-0.25, -0.2) is 9.18 Å². The van der Waals surface area contributed by atoms with Gasteiger partial charge in [0.15, 0.2) is 0 Å². The third-order valence-corrected chi connectivity index (χ3v) is 3.65. The third-order valence-electron chi connectivity index (χ3n) is 3.65. The number of halogens is 1. The van der Waals surface area contributed by atoms with E-state index >= 15 is 0 Å². The fourth-order valence-electron chi connectivity index (χ4n) is 2.34. The SMILES string of the molecule is C/C=C/CC(NC(=O)C1CC1c1ccc(F)cc1)C(=O)O. The molecule has 1 aliphatic rings. The van der Waals surface area contributed by atoms with Gasteiger partial charge in [0.2, 0.25) is 5.91 Å². The number of carboxylic acids is 1. The molecule has 2 rings (SSSR count). The molecule has 3 unspecified atom stereocenters. The highest BCUT2D eigenvalue weighted by Gasteiger charge is 2.44. The molecule has 0 saturated heterocycles. The lowest BCUT2D eigenvalue weighted by Gasteiger charge is -2.12. The van der Waals surface area contributed by atoms with E-state index in [9.17, 15) is 14.0 Å². The molecule has 112 valence electrons. The number of carbonyl (C=O) groups is 2. The lowest BCUT2D eigenvalue weighted by molar-refractivity contribution is -0.141. The van der Waals surface area contributed by atoms with Crippen molar-refractivity contribution in [2.24, 2.45) is 5.92 Å². The number of amides is 1. The van der Waals surface area contributed by atoms with Crippen molar-refractivity contribution in [3.05, 3.63) is 47.8 Å². The van der Waals surface area contributed by atoms with Crippen LogP contribution in [0.25, 0.3) is 0 Å². The van der Waals surface area contributed by atoms with E-state index in [4.69, 9.17) is 5.11 Å². The van der Waals surface area contributed by atoms with Crippen molar-refractivity contribution in [2.75, 3.05) is 0 Å². The summed E-state index contributed by atoms with van der Waals surface area (Å²) < 4.78 is 12.9. The van der Waals surface area contributed by atoms with Gasteiger partial charge in [0, 0.05) is 5.92 Å². The molecule has 5 heteroatoms. The smallest absolute Gasteiger partial charge is 0.326 e. The van der Waals surface area contributed by atoms with Crippen molar-refractivity contribution in [1.29, 1.82) is 0 Å². The molecule has 2 N–H and O–H groups in total. The summed E-state index contributed by atoms with van der Waals surface area (Å²) in [6.45, 7) is 1.80. The summed E-state index contributed by atoms with van der Waals surface area (Å²) in [4.78, 5) is 23.1. The molecule has 0 heterocycles. The highest BCUT2D eigenvalue weighted by Crippen LogP contribution is 2.47. The average molecular weight is 291 g/mol. The van der Waals surface area contributed by atoms with Crippen LogP contribution in [0.1, 0.15) is 31.2 Å². The Labute approximate surface area is 122 Å². The summed E-state index contributed by atoms with van der Waals surface area (Å²) >= 11 is 0. The van der Waals surface area contributed by atoms with Gasteiger partial charge < -0.3 is 10.4 Å². The maximum absolute atomic E-state index is 12.9. The number of rotatable bonds is 6. The monoisotopic (exact) mass is 291 g/mol. The zero-order valence-electron chi connectivity index (χ0n) is 11.8. The summed E-state index contributed by atoms with van der Waals surface area (Å²) in [6, 6.07) is 5.18. The largest absolute Gasteiger partial charge is 0.480 e. The molecule has 4 nitrogen and oxygen atoms in total. The Bertz CT molecular complexity index is 553. The Morgan fingerprint density at radius 2 is 2.10 bits per heavy atom. The van der Waals surface area contributed by atoms with Crippen molar-refractivity contribution in [2.45, 2.75) is 31.7 Å². The normalized spacial score (nSPS) is 22.0. The van der Waals surface area contributed by atoms with Crippen molar-refractivity contribution in [3.63, 3.8) is 0 Å². The molecule has 3 atom stereocenters. The second-order valence-electron chi connectivity index (χ2n) is 5.20. The maximum Gasteiger partial charge on any atom is 0.326 e. The molecule has 1 fully saturated rings. The molecule has 1 aliphatic carbocycles. The van der Waals surface area contributed by atoms with Crippen LogP contribution in [0.4, 0.5) is 4.39 Å². The first-order chi connectivity index (χ1) is 10.0. The minimum absolute atomic E-state index is 0.0572. The van der Waals surface area contributed by atoms with E-state index in [1.807, 2.05) is 0 Å². The summed E-state index contributed by atoms with van der Waals surface area (Å²) in [6.07, 6.45) is 4.41. The summed E-state index contributed by atoms with van der Waals surface area (Å²) in [7, 11) is 0. The van der Waals surface area contributed by atoms with Gasteiger partial charge in [-0.1, -0.05) is 24.3 Å². The van der Waals surface area contributed by atoms with Gasteiger partial charge in [0.1, 0.15) is 11.9 Å². The molecule has 0 aliphatic heterocycles. The van der Waals surface area contributed by atoms with Crippen LogP contribution in [-0.2, 0) is 9.59 Å². The fourth-order valence-corrected chi connectivity index (χ4v) is 2.34. The lowest BCUT2D eigenvalue weighted by Crippen LogP contribution is -2.41. The van der Waals surface area contributed by atoms with Gasteiger partial charge in [-0.2, -0.15) is 0 Å². The fraction of sp³-hybridized carbons (Fsp3) is 0.375. The molecule has 1 aromatic rings. The zero-order valence-corrected chi connectivity index (χ0v) is 11.8. The number of allylic oxidation sites excluding steroid dienone is 1. The minimum atomic E-state index is -1.04. The van der Waals surface area contributed by atoms with Crippen LogP contribution in [0.2, 0.25) is 0 Å². The molecule has 0 radical (unpaired) electrons. The summed E-state index contributed by atoms with van der Waals surface area (Å²) in [5.41, 5.74) is 0.914. The molecular weight excluding hydrogens is 273 g/mol. The van der Waals surface area contributed by atoms with Gasteiger partial charge in [-0.15, -0.1) is 0 Å². The van der Waals surface area contributed by atoms with Gasteiger partial charge >= 0.3 is 5.97 Å². The quantitative estimate of drug-likeness (QED) is 0.791. The first kappa shape index (κ1) is 15.2. The van der Waals surface area contributed by atoms with E-state index in [0.717, 1.165) is 5.56 Å². The van der Waals surface area contributed by atoms with Crippen molar-refractivity contribution in [1.82, 2.24) is 5.32 Å². The predicted molar refractivity (Wildman–Crippen MR) is 76.2 cm³/mol. The summed E-state index contributed by atoms with van der Waals surface area (Å²) in [5.74, 6) is -1.76. The van der Waals surface area contributed by atoms with Crippen LogP contribution in [0.15, 0.2) is 36.4 Å². The number of carbonyl (C=O) groups excluding carboxylic acids is 1. The van der Waals surface area contributed by atoms with Crippen molar-refractivity contribution in [3.8, 4) is 0 Å². The Morgan fingerprint density at radius 1 is 1.43 bits per heavy atom. The second kappa shape index (κ2) is 6.52. The predicted octanol–water partition coefficient (Wildman–Crippen LogP) is 2.46. The first-order valence-electron chi connectivity index (χ1n) is 6.92. The van der Waals surface area contributed by atoms with E-state index in [1.54, 1.807) is 31.2 Å². The average Bonchev–Trinajstić information content (AvgIpc) is 3.24. The van der Waals surface area contributed by atoms with Crippen LogP contribution in [0.5, 0.6) is 0 Å². The highest BCUT2D eigenvalue weighted by atomic mass is 19.1. The second-order valence-corrected chi connectivity index (χ2v) is 5.20. The van der Waals surface area contributed by atoms with Gasteiger partial charge in [0.25, 0.3) is 0 Å². The van der Waals surface area contributed by atoms with Crippen LogP contribution in [-0.4, -0.2) is 23.0 Å². The van der Waals surface area contributed by atoms with E-state index < -0.39 is 12.0 Å². The van der Waals surface area contributed by atoms with E-state index in [-0.39, 0.29) is 30.0 Å². The topological polar surface area (TPSA) is 66.4 Å². The lowest BCUT2D eigenvalue weighted by atomic mass is 10.1. The molecule has 1 aromatic carbocycles. The number of aliphatic carboxylic acids is 1. The van der Waals surface area contributed by atoms with Crippen molar-refractivity contribution >= 4 is 11.9 Å². The number of benzene rings is 1. The maximum atomic E-state index is 12.9. The molecule has 0 bridgehead atoms. The highest BCUT2D eigenvalue weighted by molar-refractivity contribution is 5.87. The van der Waals surface area contributed by atoms with Crippen LogP contribution in [0, 0.1) is 11.7 Å². The zero-order chi connectivity index (χ0) is 15.4. The van der Waals surface area contributed by atoms with E-state index in [2.05, 4.69) is 5.32 Å². The number of hydrogen-bond acceptors (Lipinski definition) is 2. The van der Waals surface area contributed by atoms with Gasteiger partial charge in [-0.05, 0) is 43.4 Å². The molecule has 0 aromatic heterocycles. The molecule has 0 spiro atoms. The molecule has 1 amide bonds. The van der Waals surface area contributed by atoms with Crippen LogP contribution < -0.4 is 5.32 Å². The Balaban J connectivity index is 1.93. The van der Waals surface area contributed by atoms with Crippen LogP contribution >= 0.6 is 0 Å². The van der Waals surface area contributed by atoms with E-state index in [0.29, 0.717) is 6.42 Å². The van der Waals surface area contributed by atoms with Gasteiger partial charge in [-0.3, -0.25) is 4.79 Å². The number of hydrogen-bond donors (Lipinski definition) is 2. The number of carboxylic acid groups (broad SMARTS) is 1. The van der Waals surface area contributed by atoms with Gasteiger partial charge in [0.05, 0.1) is 0 Å². The third kappa shape index (κ3) is 3.90.